The molecule has 4 heterocycles. The molecule has 2 unspecified atom stereocenters. The van der Waals surface area contributed by atoms with Crippen LogP contribution in [0, 0.1) is 23.2 Å². The van der Waals surface area contributed by atoms with Gasteiger partial charge in [0.2, 0.25) is 11.7 Å². The number of hydrogen-bond donors (Lipinski definition) is 0. The maximum Gasteiger partial charge on any atom is 0.343 e. The van der Waals surface area contributed by atoms with Crippen LogP contribution in [0.15, 0.2) is 71.4 Å². The number of unbranched alkanes of at least 4 members (excludes halogenated alkanes) is 3. The lowest BCUT2D eigenvalue weighted by Gasteiger charge is -2.52. The van der Waals surface area contributed by atoms with E-state index in [0.29, 0.717) is 31.4 Å². The number of amides is 1. The summed E-state index contributed by atoms with van der Waals surface area (Å²) >= 11 is 0. The Labute approximate surface area is 281 Å². The minimum absolute atomic E-state index is 0.0981. The Morgan fingerprint density at radius 1 is 1.00 bits per heavy atom. The third-order valence-corrected chi connectivity index (χ3v) is 11.3. The lowest BCUT2D eigenvalue weighted by atomic mass is 9.59. The molecule has 1 amide bonds. The van der Waals surface area contributed by atoms with Gasteiger partial charge >= 0.3 is 17.9 Å². The minimum Gasteiger partial charge on any atom is -0.427 e. The number of benzene rings is 1. The summed E-state index contributed by atoms with van der Waals surface area (Å²) in [5, 5.41) is 0. The fourth-order valence-electron chi connectivity index (χ4n) is 9.09. The van der Waals surface area contributed by atoms with E-state index in [0.717, 1.165) is 43.4 Å². The lowest BCUT2D eigenvalue weighted by molar-refractivity contribution is -0.268. The van der Waals surface area contributed by atoms with Crippen molar-refractivity contribution in [1.82, 2.24) is 0 Å². The van der Waals surface area contributed by atoms with Crippen molar-refractivity contribution in [3.63, 3.8) is 0 Å². The van der Waals surface area contributed by atoms with Crippen LogP contribution >= 0.6 is 0 Å². The number of carbonyl (C=O) groups is 5. The second-order valence-corrected chi connectivity index (χ2v) is 14.0. The normalized spacial score (nSPS) is 31.6. The van der Waals surface area contributed by atoms with E-state index in [1.54, 1.807) is 4.90 Å². The van der Waals surface area contributed by atoms with E-state index in [-0.39, 0.29) is 53.9 Å². The van der Waals surface area contributed by atoms with Crippen molar-refractivity contribution in [2.45, 2.75) is 96.4 Å². The van der Waals surface area contributed by atoms with Gasteiger partial charge in [-0.1, -0.05) is 61.4 Å². The average Bonchev–Trinajstić information content (AvgIpc) is 3.66. The van der Waals surface area contributed by atoms with Crippen LogP contribution in [0.25, 0.3) is 0 Å². The van der Waals surface area contributed by atoms with Crippen LogP contribution < -0.4 is 4.90 Å². The first-order valence-electron chi connectivity index (χ1n) is 17.5. The van der Waals surface area contributed by atoms with Gasteiger partial charge in [-0.3, -0.25) is 14.4 Å². The van der Waals surface area contributed by atoms with Crippen LogP contribution in [-0.4, -0.2) is 48.0 Å². The SMILES string of the molecule is C/C=C/CCCCC[C@H]1C=C2C34OC(=O)[C@]2(CC(=O)N2CCc5ccccc52)CC2=C(C(=O)OC2=O)C3[C@@H]1C[C@H](C(=O)CC/C=C/C)O4. The quantitative estimate of drug-likeness (QED) is 0.116. The molecule has 48 heavy (non-hydrogen) atoms. The van der Waals surface area contributed by atoms with Gasteiger partial charge < -0.3 is 19.1 Å². The molecule has 2 saturated heterocycles. The van der Waals surface area contributed by atoms with Crippen molar-refractivity contribution >= 4 is 35.3 Å². The molecule has 0 saturated carbocycles. The number of rotatable bonds is 12. The fourth-order valence-corrected chi connectivity index (χ4v) is 9.09. The van der Waals surface area contributed by atoms with Crippen molar-refractivity contribution in [2.75, 3.05) is 11.4 Å². The van der Waals surface area contributed by atoms with Gasteiger partial charge in [0, 0.05) is 37.1 Å². The number of para-hydroxylation sites is 1. The van der Waals surface area contributed by atoms with Gasteiger partial charge in [-0.05, 0) is 75.8 Å². The largest absolute Gasteiger partial charge is 0.427 e. The van der Waals surface area contributed by atoms with Gasteiger partial charge in [-0.2, -0.15) is 0 Å². The molecule has 1 aromatic carbocycles. The van der Waals surface area contributed by atoms with Crippen LogP contribution in [0.3, 0.4) is 0 Å². The molecular formula is C39H43NO8. The molecule has 2 aliphatic carbocycles. The summed E-state index contributed by atoms with van der Waals surface area (Å²) in [5.41, 5.74) is 1.06. The van der Waals surface area contributed by atoms with Crippen molar-refractivity contribution < 1.29 is 38.2 Å². The molecule has 0 radical (unpaired) electrons. The molecule has 0 N–H and O–H groups in total. The molecule has 5 bridgehead atoms. The summed E-state index contributed by atoms with van der Waals surface area (Å²) in [6.07, 6.45) is 15.3. The minimum atomic E-state index is -1.77. The number of Topliss-reactive ketones (excluding diaryl/α,β-unsaturated/α-hetero) is 1. The molecule has 4 aliphatic heterocycles. The Hall–Kier alpha value is -4.11. The first-order valence-corrected chi connectivity index (χ1v) is 17.5. The van der Waals surface area contributed by atoms with Gasteiger partial charge in [0.1, 0.15) is 11.5 Å². The highest BCUT2D eigenvalue weighted by Crippen LogP contribution is 2.67. The van der Waals surface area contributed by atoms with Crippen LogP contribution in [-0.2, 0) is 44.6 Å². The number of cyclic esters (lactones) is 2. The summed E-state index contributed by atoms with van der Waals surface area (Å²) in [7, 11) is 0. The first-order chi connectivity index (χ1) is 23.2. The van der Waals surface area contributed by atoms with E-state index in [9.17, 15) is 24.0 Å². The molecule has 2 fully saturated rings. The predicted molar refractivity (Wildman–Crippen MR) is 176 cm³/mol. The third-order valence-electron chi connectivity index (χ3n) is 11.3. The zero-order chi connectivity index (χ0) is 33.6. The number of anilines is 1. The number of nitrogens with zero attached hydrogens (tertiary/aromatic N) is 1. The standard InChI is InChI=1S/C39H43NO8/c1-3-5-7-8-9-11-15-25-20-31-38(23-32(42)40-19-18-24-14-12-13-16-28(24)40)22-27-33(36(44)46-35(27)43)34-26(25)21-30(29(41)17-10-6-4-2)47-39(31,34)48-37(38)45/h3-6,12-14,16,20,25-26,30,34H,7-11,15,17-19,21-23H2,1-2H3/b5-3+,6-4+/t25-,26+,30+,34?,38-,39?/m0/s1. The van der Waals surface area contributed by atoms with Crippen LogP contribution in [0.1, 0.15) is 83.6 Å². The Bertz CT molecular complexity index is 1680. The number of carbonyl (C=O) groups excluding carboxylic acids is 5. The molecule has 1 aromatic rings. The van der Waals surface area contributed by atoms with E-state index in [4.69, 9.17) is 14.2 Å². The zero-order valence-corrected chi connectivity index (χ0v) is 27.7. The van der Waals surface area contributed by atoms with Crippen molar-refractivity contribution in [2.24, 2.45) is 23.2 Å². The van der Waals surface area contributed by atoms with E-state index in [1.807, 2.05) is 56.3 Å². The van der Waals surface area contributed by atoms with Gasteiger partial charge in [0.15, 0.2) is 5.78 Å². The second kappa shape index (κ2) is 12.7. The third kappa shape index (κ3) is 5.13. The molecule has 6 atom stereocenters. The number of fused-ring (bicyclic) bond motifs is 1. The molecular weight excluding hydrogens is 610 g/mol. The van der Waals surface area contributed by atoms with Crippen LogP contribution in [0.4, 0.5) is 5.69 Å². The Balaban J connectivity index is 1.32. The van der Waals surface area contributed by atoms with E-state index in [2.05, 4.69) is 12.2 Å². The van der Waals surface area contributed by atoms with Crippen molar-refractivity contribution in [3.05, 3.63) is 76.9 Å². The maximum absolute atomic E-state index is 14.4. The zero-order valence-electron chi connectivity index (χ0n) is 27.7. The smallest absolute Gasteiger partial charge is 0.343 e. The van der Waals surface area contributed by atoms with Gasteiger partial charge in [-0.15, -0.1) is 0 Å². The van der Waals surface area contributed by atoms with Crippen molar-refractivity contribution in [1.29, 1.82) is 0 Å². The molecule has 6 aliphatic rings. The average molecular weight is 654 g/mol. The van der Waals surface area contributed by atoms with Gasteiger partial charge in [0.25, 0.3) is 0 Å². The number of esters is 3. The second-order valence-electron chi connectivity index (χ2n) is 14.0. The van der Waals surface area contributed by atoms with E-state index in [1.165, 1.54) is 0 Å². The maximum atomic E-state index is 14.4. The monoisotopic (exact) mass is 653 g/mol. The number of ketones is 1. The highest BCUT2D eigenvalue weighted by Gasteiger charge is 2.75. The molecule has 1 spiro atoms. The summed E-state index contributed by atoms with van der Waals surface area (Å²) in [4.78, 5) is 70.9. The summed E-state index contributed by atoms with van der Waals surface area (Å²) < 4.78 is 18.2. The van der Waals surface area contributed by atoms with E-state index < -0.39 is 41.1 Å². The fraction of sp³-hybridized carbons (Fsp3) is 0.513. The van der Waals surface area contributed by atoms with Crippen LogP contribution in [0.2, 0.25) is 0 Å². The summed E-state index contributed by atoms with van der Waals surface area (Å²) in [6, 6.07) is 7.70. The Morgan fingerprint density at radius 2 is 1.79 bits per heavy atom. The Morgan fingerprint density at radius 3 is 2.60 bits per heavy atom. The van der Waals surface area contributed by atoms with Gasteiger partial charge in [0.05, 0.1) is 17.1 Å². The van der Waals surface area contributed by atoms with Crippen molar-refractivity contribution in [3.8, 4) is 0 Å². The summed E-state index contributed by atoms with van der Waals surface area (Å²) in [6.45, 7) is 4.38. The number of hydrogen-bond acceptors (Lipinski definition) is 8. The highest BCUT2D eigenvalue weighted by molar-refractivity contribution is 6.14. The lowest BCUT2D eigenvalue weighted by Crippen LogP contribution is -2.59. The molecule has 9 heteroatoms. The van der Waals surface area contributed by atoms with E-state index >= 15 is 0 Å². The highest BCUT2D eigenvalue weighted by atomic mass is 16.7. The topological polar surface area (TPSA) is 116 Å². The molecule has 0 aromatic heterocycles. The molecule has 252 valence electrons. The predicted octanol–water partition coefficient (Wildman–Crippen LogP) is 6.02. The number of ether oxygens (including phenoxy) is 3. The van der Waals surface area contributed by atoms with Gasteiger partial charge in [-0.25, -0.2) is 9.59 Å². The summed E-state index contributed by atoms with van der Waals surface area (Å²) in [5.74, 6) is -5.58. The molecule has 7 rings (SSSR count). The molecule has 9 nitrogen and oxygen atoms in total. The van der Waals surface area contributed by atoms with Crippen LogP contribution in [0.5, 0.6) is 0 Å². The first kappa shape index (κ1) is 32.4. The Kier molecular flexibility index (Phi) is 8.60. The number of allylic oxidation sites excluding steroid dienone is 5.